The van der Waals surface area contributed by atoms with Gasteiger partial charge in [0.15, 0.2) is 5.13 Å². The number of aromatic nitrogens is 1. The lowest BCUT2D eigenvalue weighted by molar-refractivity contribution is -0.118. The number of anilines is 1. The van der Waals surface area contributed by atoms with Crippen molar-refractivity contribution in [1.82, 2.24) is 9.88 Å². The molecule has 0 aliphatic rings. The Morgan fingerprint density at radius 2 is 1.78 bits per heavy atom. The molecule has 172 valence electrons. The van der Waals surface area contributed by atoms with Crippen molar-refractivity contribution in [2.45, 2.75) is 45.4 Å². The van der Waals surface area contributed by atoms with Gasteiger partial charge in [-0.3, -0.25) is 9.69 Å². The van der Waals surface area contributed by atoms with Crippen LogP contribution in [0.25, 0.3) is 10.2 Å². The second kappa shape index (κ2) is 12.0. The number of thiazole rings is 1. The van der Waals surface area contributed by atoms with Gasteiger partial charge in [0.2, 0.25) is 5.91 Å². The third kappa shape index (κ3) is 6.47. The largest absolute Gasteiger partial charge is 0.302 e. The molecule has 0 N–H and O–H groups in total. The molecule has 0 atom stereocenters. The molecule has 4 nitrogen and oxygen atoms in total. The molecule has 0 fully saturated rings. The highest BCUT2D eigenvalue weighted by molar-refractivity contribution is 7.99. The van der Waals surface area contributed by atoms with E-state index < -0.39 is 0 Å². The van der Waals surface area contributed by atoms with Crippen LogP contribution >= 0.6 is 34.7 Å². The predicted molar refractivity (Wildman–Crippen MR) is 141 cm³/mol. The summed E-state index contributed by atoms with van der Waals surface area (Å²) >= 11 is 9.74. The number of aryl methyl sites for hydroxylation is 2. The smallest absolute Gasteiger partial charge is 0.228 e. The van der Waals surface area contributed by atoms with Crippen LogP contribution in [0.15, 0.2) is 41.3 Å². The highest BCUT2D eigenvalue weighted by Gasteiger charge is 2.21. The van der Waals surface area contributed by atoms with Gasteiger partial charge in [0.1, 0.15) is 0 Å². The number of amides is 1. The quantitative estimate of drug-likeness (QED) is 0.219. The maximum Gasteiger partial charge on any atom is 0.228 e. The molecule has 0 saturated heterocycles. The van der Waals surface area contributed by atoms with E-state index in [1.807, 2.05) is 24.0 Å². The van der Waals surface area contributed by atoms with Gasteiger partial charge in [0.25, 0.3) is 0 Å². The van der Waals surface area contributed by atoms with Crippen molar-refractivity contribution in [2.75, 3.05) is 36.8 Å². The van der Waals surface area contributed by atoms with Crippen LogP contribution in [0.2, 0.25) is 5.02 Å². The molecular weight excluding hydrogens is 458 g/mol. The van der Waals surface area contributed by atoms with Crippen LogP contribution in [0.5, 0.6) is 0 Å². The number of hydrogen-bond donors (Lipinski definition) is 0. The minimum atomic E-state index is 0.134. The molecule has 0 saturated carbocycles. The Morgan fingerprint density at radius 1 is 1.06 bits per heavy atom. The molecule has 0 aliphatic carbocycles. The van der Waals surface area contributed by atoms with E-state index in [2.05, 4.69) is 49.9 Å². The Morgan fingerprint density at radius 3 is 2.44 bits per heavy atom. The Hall–Kier alpha value is -1.60. The zero-order valence-corrected chi connectivity index (χ0v) is 21.7. The number of likely N-dealkylation sites (N-methyl/N-ethyl adjacent to an activating group) is 1. The number of carbonyl (C=O) groups is 1. The van der Waals surface area contributed by atoms with Crippen molar-refractivity contribution in [3.8, 4) is 0 Å². The highest BCUT2D eigenvalue weighted by atomic mass is 35.5. The van der Waals surface area contributed by atoms with Crippen LogP contribution in [0, 0.1) is 13.8 Å². The van der Waals surface area contributed by atoms with Crippen molar-refractivity contribution in [2.24, 2.45) is 0 Å². The van der Waals surface area contributed by atoms with E-state index in [0.717, 1.165) is 52.7 Å². The number of nitrogens with zero attached hydrogens (tertiary/aromatic N) is 3. The van der Waals surface area contributed by atoms with Crippen LogP contribution in [0.4, 0.5) is 5.13 Å². The molecule has 0 unspecified atom stereocenters. The van der Waals surface area contributed by atoms with E-state index in [-0.39, 0.29) is 5.91 Å². The number of halogens is 1. The highest BCUT2D eigenvalue weighted by Crippen LogP contribution is 2.36. The Bertz CT molecular complexity index is 993. The standard InChI is InChI=1S/C25H32ClN3OS2/c1-5-28(6-2)15-16-29(25-27-23-19(4)11-14-21(26)24(23)32-25)22(30)8-7-17-31-20-12-9-18(3)10-13-20/h9-14H,5-8,15-17H2,1-4H3. The van der Waals surface area contributed by atoms with Crippen LogP contribution in [0.1, 0.15) is 37.8 Å². The first-order valence-electron chi connectivity index (χ1n) is 11.2. The molecule has 32 heavy (non-hydrogen) atoms. The molecule has 1 amide bonds. The van der Waals surface area contributed by atoms with Crippen molar-refractivity contribution < 1.29 is 4.79 Å². The van der Waals surface area contributed by atoms with E-state index in [1.54, 1.807) is 11.8 Å². The summed E-state index contributed by atoms with van der Waals surface area (Å²) in [5, 5.41) is 1.44. The summed E-state index contributed by atoms with van der Waals surface area (Å²) in [6, 6.07) is 12.4. The van der Waals surface area contributed by atoms with Gasteiger partial charge in [-0.05, 0) is 62.9 Å². The molecule has 3 aromatic rings. The Kier molecular flexibility index (Phi) is 9.41. The SMILES string of the molecule is CCN(CC)CCN(C(=O)CCCSc1ccc(C)cc1)c1nc2c(C)ccc(Cl)c2s1. The van der Waals surface area contributed by atoms with Gasteiger partial charge in [-0.2, -0.15) is 0 Å². The van der Waals surface area contributed by atoms with Gasteiger partial charge in [0.05, 0.1) is 15.2 Å². The number of rotatable bonds is 11. The summed E-state index contributed by atoms with van der Waals surface area (Å²) in [6.07, 6.45) is 1.35. The predicted octanol–water partition coefficient (Wildman–Crippen LogP) is 6.81. The van der Waals surface area contributed by atoms with Gasteiger partial charge in [-0.15, -0.1) is 11.8 Å². The van der Waals surface area contributed by atoms with Crippen LogP contribution in [0.3, 0.4) is 0 Å². The topological polar surface area (TPSA) is 36.4 Å². The summed E-state index contributed by atoms with van der Waals surface area (Å²) in [5.41, 5.74) is 3.24. The van der Waals surface area contributed by atoms with E-state index in [1.165, 1.54) is 21.8 Å². The van der Waals surface area contributed by atoms with Crippen LogP contribution in [-0.2, 0) is 4.79 Å². The molecule has 1 heterocycles. The van der Waals surface area contributed by atoms with Gasteiger partial charge in [-0.25, -0.2) is 4.98 Å². The maximum absolute atomic E-state index is 13.3. The third-order valence-corrected chi connectivity index (χ3v) is 8.21. The third-order valence-electron chi connectivity index (χ3n) is 5.58. The molecule has 7 heteroatoms. The number of carbonyl (C=O) groups excluding carboxylic acids is 1. The lowest BCUT2D eigenvalue weighted by atomic mass is 10.2. The van der Waals surface area contributed by atoms with Gasteiger partial charge >= 0.3 is 0 Å². The number of benzene rings is 2. The average molecular weight is 490 g/mol. The zero-order valence-electron chi connectivity index (χ0n) is 19.4. The normalized spacial score (nSPS) is 11.4. The van der Waals surface area contributed by atoms with E-state index in [9.17, 15) is 4.79 Å². The fourth-order valence-corrected chi connectivity index (χ4v) is 5.71. The minimum Gasteiger partial charge on any atom is -0.302 e. The number of fused-ring (bicyclic) bond motifs is 1. The van der Waals surface area contributed by atoms with E-state index >= 15 is 0 Å². The maximum atomic E-state index is 13.3. The molecule has 2 aromatic carbocycles. The number of hydrogen-bond acceptors (Lipinski definition) is 5. The fourth-order valence-electron chi connectivity index (χ4n) is 3.50. The monoisotopic (exact) mass is 489 g/mol. The second-order valence-corrected chi connectivity index (χ2v) is 10.4. The number of thioether (sulfide) groups is 1. The first kappa shape index (κ1) is 25.0. The van der Waals surface area contributed by atoms with Crippen molar-refractivity contribution in [1.29, 1.82) is 0 Å². The molecule has 0 aliphatic heterocycles. The lowest BCUT2D eigenvalue weighted by Crippen LogP contribution is -2.38. The lowest BCUT2D eigenvalue weighted by Gasteiger charge is -2.24. The van der Waals surface area contributed by atoms with Gasteiger partial charge in [0, 0.05) is 24.4 Å². The minimum absolute atomic E-state index is 0.134. The van der Waals surface area contributed by atoms with Crippen molar-refractivity contribution in [3.05, 3.63) is 52.5 Å². The Balaban J connectivity index is 1.70. The Labute approximate surface area is 205 Å². The summed E-state index contributed by atoms with van der Waals surface area (Å²) in [4.78, 5) is 23.5. The summed E-state index contributed by atoms with van der Waals surface area (Å²) in [6.45, 7) is 11.8. The summed E-state index contributed by atoms with van der Waals surface area (Å²) in [7, 11) is 0. The van der Waals surface area contributed by atoms with E-state index in [0.29, 0.717) is 18.0 Å². The molecule has 1 aromatic heterocycles. The summed E-state index contributed by atoms with van der Waals surface area (Å²) < 4.78 is 0.956. The first-order valence-corrected chi connectivity index (χ1v) is 13.4. The molecule has 0 radical (unpaired) electrons. The van der Waals surface area contributed by atoms with E-state index in [4.69, 9.17) is 16.6 Å². The van der Waals surface area contributed by atoms with Crippen molar-refractivity contribution >= 4 is 56.0 Å². The zero-order chi connectivity index (χ0) is 23.1. The fraction of sp³-hybridized carbons (Fsp3) is 0.440. The van der Waals surface area contributed by atoms with Crippen LogP contribution in [-0.4, -0.2) is 47.7 Å². The average Bonchev–Trinajstić information content (AvgIpc) is 3.24. The molecule has 0 spiro atoms. The van der Waals surface area contributed by atoms with Gasteiger partial charge in [-0.1, -0.05) is 60.5 Å². The molecular formula is C25H32ClN3OS2. The van der Waals surface area contributed by atoms with Gasteiger partial charge < -0.3 is 4.90 Å². The van der Waals surface area contributed by atoms with Crippen LogP contribution < -0.4 is 4.90 Å². The molecule has 0 bridgehead atoms. The molecule has 3 rings (SSSR count). The second-order valence-electron chi connectivity index (χ2n) is 7.88. The summed E-state index contributed by atoms with van der Waals surface area (Å²) in [5.74, 6) is 1.05. The van der Waals surface area contributed by atoms with Crippen molar-refractivity contribution in [3.63, 3.8) is 0 Å². The first-order chi connectivity index (χ1) is 15.4.